The monoisotopic (exact) mass is 2110 g/mol. The van der Waals surface area contributed by atoms with Gasteiger partial charge < -0.3 is 29.6 Å². The molecule has 2 N–H and O–H groups in total. The number of fused-ring (bicyclic) bond motifs is 1. The SMILES string of the molecule is C=C1C=CC=CN1c1ccnc(C[C@H]2CC[C@H](Cc3ncc(SC)cn3)C2)c1.COc1ncccc1-c1ccc(C[C@H]2CC[C@H](Cc3ncc(SC)cn3)C2)nc1.CSc1cnc(C[C@H]2CC[C@H](Cc3ccc(-c4cccn(C)c4=O)cn3)C2)nc1.CSc1cnc(C[C@H]2CC[C@H](Cc3ccc(-n4ccccc4=O)cn3)C2)nc1.CSc1cnc(N[C@H]2CCC[C@@H](Nc3nc4ccc(S(=O)(=O)N5CCOCC5)cc4s3)C2)nc1. The van der Waals surface area contributed by atoms with Crippen LogP contribution in [0.15, 0.2) is 290 Å². The molecule has 0 spiro atoms. The maximum atomic E-state index is 13.0. The van der Waals surface area contributed by atoms with Crippen LogP contribution in [0.5, 0.6) is 5.88 Å². The minimum absolute atomic E-state index is 0.00784. The normalized spacial score (nSPS) is 20.1. The van der Waals surface area contributed by atoms with Gasteiger partial charge in [-0.15, -0.1) is 58.8 Å². The van der Waals surface area contributed by atoms with Gasteiger partial charge in [0.15, 0.2) is 5.13 Å². The number of pyridine rings is 7. The van der Waals surface area contributed by atoms with Gasteiger partial charge in [-0.1, -0.05) is 42.2 Å². The summed E-state index contributed by atoms with van der Waals surface area (Å²) in [5, 5.41) is 7.86. The summed E-state index contributed by atoms with van der Waals surface area (Å²) in [6, 6.07) is 35.2. The predicted molar refractivity (Wildman–Crippen MR) is 597 cm³/mol. The molecule has 13 aromatic heterocycles. The quantitative estimate of drug-likeness (QED) is 0.0370. The second-order valence-electron chi connectivity index (χ2n) is 38.9. The van der Waals surface area contributed by atoms with Crippen molar-refractivity contribution in [3.05, 3.63) is 318 Å². The third-order valence-corrected chi connectivity index (χ3v) is 34.9. The third kappa shape index (κ3) is 30.3. The molecule has 148 heavy (non-hydrogen) atoms. The molecule has 28 nitrogen and oxygen atoms in total. The van der Waals surface area contributed by atoms with Crippen LogP contribution in [-0.2, 0) is 73.2 Å². The zero-order chi connectivity index (χ0) is 103. The van der Waals surface area contributed by atoms with Crippen molar-refractivity contribution in [2.24, 2.45) is 54.4 Å². The van der Waals surface area contributed by atoms with Crippen molar-refractivity contribution in [3.63, 3.8) is 0 Å². The number of nitrogens with zero attached hydrogens (tertiary/aromatic N) is 20. The third-order valence-electron chi connectivity index (χ3n) is 28.6. The number of rotatable bonds is 32. The number of thiazole rings is 1. The smallest absolute Gasteiger partial charge is 0.258 e. The van der Waals surface area contributed by atoms with Crippen molar-refractivity contribution >= 4 is 107 Å². The second-order valence-corrected chi connectivity index (χ2v) is 46.3. The lowest BCUT2D eigenvalue weighted by Gasteiger charge is -2.30. The highest BCUT2D eigenvalue weighted by Gasteiger charge is 2.33. The molecule has 0 radical (unpaired) electrons. The molecular formula is C113H130N22O6S7. The number of hydrogen-bond donors (Lipinski definition) is 2. The minimum atomic E-state index is -3.52. The van der Waals surface area contributed by atoms with E-state index in [1.54, 1.807) is 137 Å². The lowest BCUT2D eigenvalue weighted by Crippen LogP contribution is -2.40. The van der Waals surface area contributed by atoms with E-state index < -0.39 is 10.0 Å². The summed E-state index contributed by atoms with van der Waals surface area (Å²) in [4.78, 5) is 105. The molecule has 7 aliphatic rings. The molecule has 14 aromatic rings. The molecule has 2 aliphatic heterocycles. The molecule has 770 valence electrons. The molecule has 21 rings (SSSR count). The summed E-state index contributed by atoms with van der Waals surface area (Å²) >= 11 is 9.84. The minimum Gasteiger partial charge on any atom is -0.481 e. The largest absolute Gasteiger partial charge is 0.481 e. The van der Waals surface area contributed by atoms with E-state index >= 15 is 0 Å². The molecule has 10 atom stereocenters. The lowest BCUT2D eigenvalue weighted by molar-refractivity contribution is 0.0730. The van der Waals surface area contributed by atoms with Gasteiger partial charge in [-0.05, 0) is 304 Å². The van der Waals surface area contributed by atoms with Gasteiger partial charge in [-0.25, -0.2) is 68.2 Å². The molecule has 15 heterocycles. The Morgan fingerprint density at radius 3 is 1.41 bits per heavy atom. The average molecular weight is 2120 g/mol. The van der Waals surface area contributed by atoms with Crippen LogP contribution in [0.3, 0.4) is 0 Å². The Hall–Kier alpha value is -11.8. The highest BCUT2D eigenvalue weighted by Crippen LogP contribution is 2.42. The van der Waals surface area contributed by atoms with Crippen LogP contribution in [0, 0.1) is 47.3 Å². The van der Waals surface area contributed by atoms with Crippen molar-refractivity contribution in [3.8, 4) is 33.8 Å². The average Bonchev–Trinajstić information content (AvgIpc) is 1.62. The molecule has 1 aromatic carbocycles. The van der Waals surface area contributed by atoms with Crippen LogP contribution >= 0.6 is 70.1 Å². The number of aromatic nitrogens is 18. The standard InChI is InChI=1S/2C23H26N4OS.C23H26N4S.C22H28N6O3S3.C22H24N4OS/c1-27-9-3-4-21(23(27)28)18-7-8-19(24-13-18)11-16-5-6-17(10-16)12-22-25-14-20(29-2)15-26-22;1-28-23-21(4-3-9-24-23)18-7-8-19(25-13-18)11-16-5-6-17(10-16)12-22-26-14-20(29-2)15-27-22;1-17-5-3-4-10-27(17)21-8-9-24-20(14-21)12-18-6-7-19(11-18)13-23-25-15-22(28-2)16-26-23;1-32-17-13-23-21(24-14-17)25-15-3-2-4-16(11-15)26-22-27-19-6-5-18(12-20(19)33-22)34(29,30)28-7-9-31-10-8-28;1-28-20-14-24-21(25-15-20)12-17-6-5-16(10-17)11-18-7-8-19(13-23-18)26-9-3-2-4-22(26)27/h2*3-4,7-9,13-17H,5-6,10-12H2,1-2H3;3-5,8-10,14-16,18-19H,1,6-7,11-13H2,2H3;5-6,12-16H,2-4,7-11H2,1H3,(H,26,27)(H,23,24,25);2-4,7-9,13-17H,5-6,10-12H2,1H3/t2*16-,17-;18-,19-;15-,16+;16-,17-/m00000/s1. The number of morpholine rings is 1. The van der Waals surface area contributed by atoms with E-state index in [1.165, 1.54) is 98.4 Å². The maximum Gasteiger partial charge on any atom is 0.258 e. The number of thioether (sulfide) groups is 5. The number of nitrogens with one attached hydrogen (secondary N) is 2. The van der Waals surface area contributed by atoms with Gasteiger partial charge in [0.1, 0.15) is 23.3 Å². The van der Waals surface area contributed by atoms with Crippen LogP contribution in [0.1, 0.15) is 149 Å². The van der Waals surface area contributed by atoms with Crippen LogP contribution in [0.4, 0.5) is 16.8 Å². The summed E-state index contributed by atoms with van der Waals surface area (Å²) in [5.41, 5.74) is 11.8. The Bertz CT molecular complexity index is 6960. The number of anilines is 3. The fourth-order valence-corrected chi connectivity index (χ4v) is 24.8. The Morgan fingerprint density at radius 1 is 0.446 bits per heavy atom. The zero-order valence-electron chi connectivity index (χ0n) is 85.0. The summed E-state index contributed by atoms with van der Waals surface area (Å²) in [6.07, 6.45) is 77.2. The van der Waals surface area contributed by atoms with Crippen LogP contribution in [-0.4, -0.2) is 178 Å². The van der Waals surface area contributed by atoms with Crippen LogP contribution in [0.2, 0.25) is 0 Å². The summed E-state index contributed by atoms with van der Waals surface area (Å²) in [6.45, 7) is 5.76. The molecule has 0 unspecified atom stereocenters. The molecule has 6 fully saturated rings. The van der Waals surface area contributed by atoms with Gasteiger partial charge in [0, 0.05) is 250 Å². The first-order chi connectivity index (χ1) is 72.3. The van der Waals surface area contributed by atoms with Crippen LogP contribution < -0.4 is 31.4 Å². The molecule has 35 heteroatoms. The van der Waals surface area contributed by atoms with E-state index in [0.717, 1.165) is 191 Å². The number of allylic oxidation sites excluding steroid dienone is 3. The van der Waals surface area contributed by atoms with Gasteiger partial charge in [-0.2, -0.15) is 4.31 Å². The lowest BCUT2D eigenvalue weighted by atomic mass is 9.91. The zero-order valence-corrected chi connectivity index (χ0v) is 90.8. The van der Waals surface area contributed by atoms with Gasteiger partial charge in [0.05, 0.1) is 47.3 Å². The number of ether oxygens (including phenoxy) is 2. The molecule has 5 aliphatic carbocycles. The van der Waals surface area contributed by atoms with Gasteiger partial charge in [0.2, 0.25) is 21.9 Å². The Balaban J connectivity index is 0.000000126. The molecule has 5 saturated carbocycles. The first kappa shape index (κ1) is 107. The van der Waals surface area contributed by atoms with E-state index in [1.807, 2.05) is 178 Å². The fourth-order valence-electron chi connectivity index (χ4n) is 20.8. The van der Waals surface area contributed by atoms with Gasteiger partial charge in [0.25, 0.3) is 11.1 Å². The van der Waals surface area contributed by atoms with Gasteiger partial charge >= 0.3 is 0 Å². The van der Waals surface area contributed by atoms with E-state index in [9.17, 15) is 18.0 Å². The highest BCUT2D eigenvalue weighted by atomic mass is 32.2. The predicted octanol–water partition coefficient (Wildman–Crippen LogP) is 21.8. The molecular weight excluding hydrogens is 1990 g/mol. The number of sulfonamides is 1. The number of benzene rings is 1. The maximum absolute atomic E-state index is 13.0. The van der Waals surface area contributed by atoms with Crippen molar-refractivity contribution in [2.75, 3.05) is 80.2 Å². The van der Waals surface area contributed by atoms with Crippen molar-refractivity contribution < 1.29 is 17.9 Å². The van der Waals surface area contributed by atoms with Crippen molar-refractivity contribution in [2.45, 2.75) is 196 Å². The summed E-state index contributed by atoms with van der Waals surface area (Å²) in [5.74, 6) is 10.6. The topological polar surface area (TPSA) is 333 Å². The first-order valence-electron chi connectivity index (χ1n) is 51.0. The summed E-state index contributed by atoms with van der Waals surface area (Å²) < 4.78 is 42.2. The molecule has 1 saturated heterocycles. The first-order valence-corrected chi connectivity index (χ1v) is 59.4. The van der Waals surface area contributed by atoms with Crippen LogP contribution in [0.25, 0.3) is 38.2 Å². The number of aryl methyl sites for hydroxylation is 1. The van der Waals surface area contributed by atoms with E-state index in [0.29, 0.717) is 102 Å². The van der Waals surface area contributed by atoms with E-state index in [4.69, 9.17) is 19.4 Å². The number of hydrogen-bond acceptors (Lipinski definition) is 31. The Kier molecular flexibility index (Phi) is 38.9. The molecule has 0 amide bonds. The van der Waals surface area contributed by atoms with E-state index in [2.05, 4.69) is 129 Å². The molecule has 0 bridgehead atoms. The number of methoxy groups -OCH3 is 1. The van der Waals surface area contributed by atoms with Gasteiger partial charge in [-0.3, -0.25) is 34.1 Å². The highest BCUT2D eigenvalue weighted by molar-refractivity contribution is 7.99. The Morgan fingerprint density at radius 2 is 0.926 bits per heavy atom. The summed E-state index contributed by atoms with van der Waals surface area (Å²) in [7, 11) is -0.107. The van der Waals surface area contributed by atoms with E-state index in [-0.39, 0.29) is 17.2 Å². The van der Waals surface area contributed by atoms with Crippen molar-refractivity contribution in [1.82, 2.24) is 93.2 Å². The fraction of sp³-hybridized carbons (Fsp3) is 0.398. The Labute approximate surface area is 893 Å². The van der Waals surface area contributed by atoms with Crippen molar-refractivity contribution in [1.29, 1.82) is 0 Å². The second kappa shape index (κ2) is 53.6.